The minimum absolute atomic E-state index is 0.297. The smallest absolute Gasteiger partial charge is 0.123 e. The zero-order chi connectivity index (χ0) is 12.3. The van der Waals surface area contributed by atoms with Gasteiger partial charge in [0.25, 0.3) is 0 Å². The highest BCUT2D eigenvalue weighted by Gasteiger charge is 2.39. The second kappa shape index (κ2) is 5.12. The molecule has 1 aliphatic heterocycles. The summed E-state index contributed by atoms with van der Waals surface area (Å²) in [6.07, 6.45) is 0.821. The van der Waals surface area contributed by atoms with E-state index in [0.717, 1.165) is 18.4 Å². The number of benzene rings is 1. The number of aliphatic hydroxyl groups excluding tert-OH is 1. The molecule has 1 saturated heterocycles. The summed E-state index contributed by atoms with van der Waals surface area (Å²) >= 11 is 0. The summed E-state index contributed by atoms with van der Waals surface area (Å²) in [6, 6.07) is 5.96. The minimum Gasteiger partial charge on any atom is -0.388 e. The minimum atomic E-state index is -0.656. The lowest BCUT2D eigenvalue weighted by atomic mass is 9.73. The van der Waals surface area contributed by atoms with Gasteiger partial charge in [-0.1, -0.05) is 12.1 Å². The van der Waals surface area contributed by atoms with Crippen molar-refractivity contribution in [3.63, 3.8) is 0 Å². The van der Waals surface area contributed by atoms with Crippen LogP contribution in [0.4, 0.5) is 4.39 Å². The summed E-state index contributed by atoms with van der Waals surface area (Å²) in [6.45, 7) is 1.65. The van der Waals surface area contributed by atoms with Crippen LogP contribution in [0.1, 0.15) is 24.5 Å². The highest BCUT2D eigenvalue weighted by Crippen LogP contribution is 2.41. The Labute approximate surface area is 100 Å². The molecule has 0 radical (unpaired) electrons. The molecule has 1 unspecified atom stereocenters. The Balaban J connectivity index is 2.21. The Kier molecular flexibility index (Phi) is 3.76. The molecule has 3 nitrogen and oxygen atoms in total. The summed E-state index contributed by atoms with van der Waals surface area (Å²) in [4.78, 5) is 0. The van der Waals surface area contributed by atoms with E-state index in [2.05, 4.69) is 0 Å². The van der Waals surface area contributed by atoms with Gasteiger partial charge < -0.3 is 15.6 Å². The second-order valence-corrected chi connectivity index (χ2v) is 4.63. The maximum absolute atomic E-state index is 12.8. The molecule has 1 aliphatic rings. The predicted octanol–water partition coefficient (Wildman–Crippen LogP) is 1.61. The van der Waals surface area contributed by atoms with Crippen molar-refractivity contribution in [2.75, 3.05) is 19.8 Å². The van der Waals surface area contributed by atoms with Crippen LogP contribution in [0.5, 0.6) is 0 Å². The first kappa shape index (κ1) is 12.5. The summed E-state index contributed by atoms with van der Waals surface area (Å²) in [5.74, 6) is -0.297. The van der Waals surface area contributed by atoms with Crippen molar-refractivity contribution in [2.24, 2.45) is 11.1 Å². The van der Waals surface area contributed by atoms with Gasteiger partial charge in [-0.2, -0.15) is 0 Å². The van der Waals surface area contributed by atoms with Crippen LogP contribution in [-0.2, 0) is 4.74 Å². The fourth-order valence-corrected chi connectivity index (χ4v) is 2.37. The summed E-state index contributed by atoms with van der Waals surface area (Å²) < 4.78 is 18.1. The molecule has 3 N–H and O–H groups in total. The van der Waals surface area contributed by atoms with Crippen LogP contribution in [0.15, 0.2) is 24.3 Å². The summed E-state index contributed by atoms with van der Waals surface area (Å²) in [5, 5.41) is 10.4. The first-order chi connectivity index (χ1) is 8.18. The zero-order valence-corrected chi connectivity index (χ0v) is 9.73. The third kappa shape index (κ3) is 2.49. The Morgan fingerprint density at radius 2 is 1.88 bits per heavy atom. The molecular formula is C13H18FNO2. The van der Waals surface area contributed by atoms with Gasteiger partial charge >= 0.3 is 0 Å². The van der Waals surface area contributed by atoms with E-state index in [4.69, 9.17) is 10.5 Å². The molecule has 0 saturated carbocycles. The van der Waals surface area contributed by atoms with E-state index in [0.29, 0.717) is 19.8 Å². The van der Waals surface area contributed by atoms with Crippen LogP contribution in [0.25, 0.3) is 0 Å². The predicted molar refractivity (Wildman–Crippen MR) is 62.9 cm³/mol. The molecular weight excluding hydrogens is 221 g/mol. The van der Waals surface area contributed by atoms with Gasteiger partial charge in [-0.25, -0.2) is 4.39 Å². The topological polar surface area (TPSA) is 55.5 Å². The van der Waals surface area contributed by atoms with E-state index in [1.807, 2.05) is 0 Å². The average molecular weight is 239 g/mol. The highest BCUT2D eigenvalue weighted by molar-refractivity contribution is 5.21. The number of halogens is 1. The molecule has 1 fully saturated rings. The normalized spacial score (nSPS) is 21.1. The van der Waals surface area contributed by atoms with Gasteiger partial charge in [0.05, 0.1) is 6.10 Å². The van der Waals surface area contributed by atoms with Crippen molar-refractivity contribution in [3.8, 4) is 0 Å². The molecule has 1 aromatic rings. The van der Waals surface area contributed by atoms with Crippen molar-refractivity contribution >= 4 is 0 Å². The fraction of sp³-hybridized carbons (Fsp3) is 0.538. The number of ether oxygens (including phenoxy) is 1. The maximum atomic E-state index is 12.8. The quantitative estimate of drug-likeness (QED) is 0.842. The van der Waals surface area contributed by atoms with Crippen molar-refractivity contribution in [2.45, 2.75) is 18.9 Å². The maximum Gasteiger partial charge on any atom is 0.123 e. The van der Waals surface area contributed by atoms with Crippen LogP contribution < -0.4 is 5.73 Å². The molecule has 0 bridgehead atoms. The van der Waals surface area contributed by atoms with E-state index in [1.54, 1.807) is 12.1 Å². The van der Waals surface area contributed by atoms with Gasteiger partial charge in [0.1, 0.15) is 5.82 Å². The van der Waals surface area contributed by atoms with Gasteiger partial charge in [-0.05, 0) is 30.5 Å². The van der Waals surface area contributed by atoms with E-state index < -0.39 is 6.10 Å². The van der Waals surface area contributed by atoms with Gasteiger partial charge in [0.15, 0.2) is 0 Å². The van der Waals surface area contributed by atoms with E-state index in [1.165, 1.54) is 12.1 Å². The number of aliphatic hydroxyl groups is 1. The largest absolute Gasteiger partial charge is 0.388 e. The van der Waals surface area contributed by atoms with Gasteiger partial charge in [-0.3, -0.25) is 0 Å². The van der Waals surface area contributed by atoms with Crippen LogP contribution >= 0.6 is 0 Å². The standard InChI is InChI=1S/C13H18FNO2/c14-11-3-1-10(2-4-11)12(16)13(9-15)5-7-17-8-6-13/h1-4,12,16H,5-9,15H2. The molecule has 17 heavy (non-hydrogen) atoms. The molecule has 4 heteroatoms. The Morgan fingerprint density at radius 3 is 2.41 bits per heavy atom. The lowest BCUT2D eigenvalue weighted by Crippen LogP contribution is -2.41. The summed E-state index contributed by atoms with van der Waals surface area (Å²) in [5.41, 5.74) is 6.20. The third-order valence-corrected chi connectivity index (χ3v) is 3.66. The monoisotopic (exact) mass is 239 g/mol. The first-order valence-electron chi connectivity index (χ1n) is 5.89. The van der Waals surface area contributed by atoms with Gasteiger partial charge in [0, 0.05) is 25.2 Å². The third-order valence-electron chi connectivity index (χ3n) is 3.66. The van der Waals surface area contributed by atoms with E-state index in [9.17, 15) is 9.50 Å². The van der Waals surface area contributed by atoms with Crippen LogP contribution in [0.3, 0.4) is 0 Å². The number of rotatable bonds is 3. The highest BCUT2D eigenvalue weighted by atomic mass is 19.1. The van der Waals surface area contributed by atoms with Crippen LogP contribution in [0.2, 0.25) is 0 Å². The lowest BCUT2D eigenvalue weighted by molar-refractivity contribution is -0.0581. The molecule has 0 aromatic heterocycles. The van der Waals surface area contributed by atoms with Crippen molar-refractivity contribution in [1.29, 1.82) is 0 Å². The second-order valence-electron chi connectivity index (χ2n) is 4.63. The Morgan fingerprint density at radius 1 is 1.29 bits per heavy atom. The fourth-order valence-electron chi connectivity index (χ4n) is 2.37. The van der Waals surface area contributed by atoms with Crippen LogP contribution in [0, 0.1) is 11.2 Å². The van der Waals surface area contributed by atoms with Crippen molar-refractivity contribution in [3.05, 3.63) is 35.6 Å². The molecule has 0 spiro atoms. The lowest BCUT2D eigenvalue weighted by Gasteiger charge is -2.40. The van der Waals surface area contributed by atoms with E-state index in [-0.39, 0.29) is 11.2 Å². The summed E-state index contributed by atoms with van der Waals surface area (Å²) in [7, 11) is 0. The SMILES string of the molecule is NCC1(C(O)c2ccc(F)cc2)CCOCC1. The van der Waals surface area contributed by atoms with Crippen LogP contribution in [-0.4, -0.2) is 24.9 Å². The molecule has 1 atom stereocenters. The zero-order valence-electron chi connectivity index (χ0n) is 9.73. The number of hydrogen-bond donors (Lipinski definition) is 2. The molecule has 94 valence electrons. The van der Waals surface area contributed by atoms with Crippen molar-refractivity contribution < 1.29 is 14.2 Å². The van der Waals surface area contributed by atoms with Crippen molar-refractivity contribution in [1.82, 2.24) is 0 Å². The van der Waals surface area contributed by atoms with Gasteiger partial charge in [-0.15, -0.1) is 0 Å². The molecule has 2 rings (SSSR count). The first-order valence-corrected chi connectivity index (χ1v) is 5.89. The molecule has 0 amide bonds. The molecule has 0 aliphatic carbocycles. The Hall–Kier alpha value is -0.970. The molecule has 1 heterocycles. The average Bonchev–Trinajstić information content (AvgIpc) is 2.39. The number of nitrogens with two attached hydrogens (primary N) is 1. The Bertz CT molecular complexity index is 360. The molecule has 1 aromatic carbocycles. The van der Waals surface area contributed by atoms with E-state index >= 15 is 0 Å². The number of hydrogen-bond acceptors (Lipinski definition) is 3. The van der Waals surface area contributed by atoms with Gasteiger partial charge in [0.2, 0.25) is 0 Å².